The van der Waals surface area contributed by atoms with E-state index in [9.17, 15) is 9.90 Å². The third-order valence-corrected chi connectivity index (χ3v) is 3.48. The Kier molecular flexibility index (Phi) is 4.01. The highest BCUT2D eigenvalue weighted by molar-refractivity contribution is 5.85. The molecule has 1 aromatic heterocycles. The second kappa shape index (κ2) is 6.26. The molecular weight excluding hydrogens is 276 g/mol. The largest absolute Gasteiger partial charge is 0.476 e. The summed E-state index contributed by atoms with van der Waals surface area (Å²) in [4.78, 5) is 15.5. The fourth-order valence-corrected chi connectivity index (χ4v) is 2.39. The van der Waals surface area contributed by atoms with E-state index in [1.807, 2.05) is 65.2 Å². The number of hydrogen-bond donors (Lipinski definition) is 1. The summed E-state index contributed by atoms with van der Waals surface area (Å²) >= 11 is 0. The van der Waals surface area contributed by atoms with E-state index >= 15 is 0 Å². The SMILES string of the molecule is O=C(O)c1cn(Cc2ccccc2)c(Cc2ccccc2)n1. The van der Waals surface area contributed by atoms with Crippen molar-refractivity contribution in [1.82, 2.24) is 9.55 Å². The van der Waals surface area contributed by atoms with Crippen molar-refractivity contribution in [3.8, 4) is 0 Å². The molecule has 0 unspecified atom stereocenters. The van der Waals surface area contributed by atoms with Crippen LogP contribution in [-0.2, 0) is 13.0 Å². The summed E-state index contributed by atoms with van der Waals surface area (Å²) in [6.45, 7) is 0.614. The van der Waals surface area contributed by atoms with E-state index in [0.29, 0.717) is 13.0 Å². The molecule has 110 valence electrons. The van der Waals surface area contributed by atoms with Gasteiger partial charge in [-0.2, -0.15) is 0 Å². The van der Waals surface area contributed by atoms with Gasteiger partial charge in [-0.3, -0.25) is 0 Å². The summed E-state index contributed by atoms with van der Waals surface area (Å²) in [7, 11) is 0. The van der Waals surface area contributed by atoms with E-state index in [1.54, 1.807) is 6.20 Å². The van der Waals surface area contributed by atoms with Gasteiger partial charge in [0, 0.05) is 19.2 Å². The third kappa shape index (κ3) is 3.23. The first-order chi connectivity index (χ1) is 10.7. The molecule has 3 rings (SSSR count). The molecule has 4 nitrogen and oxygen atoms in total. The van der Waals surface area contributed by atoms with Crippen LogP contribution in [0.25, 0.3) is 0 Å². The van der Waals surface area contributed by atoms with Crippen molar-refractivity contribution in [3.63, 3.8) is 0 Å². The van der Waals surface area contributed by atoms with Crippen LogP contribution in [0.5, 0.6) is 0 Å². The van der Waals surface area contributed by atoms with Gasteiger partial charge in [-0.15, -0.1) is 0 Å². The minimum atomic E-state index is -0.999. The highest BCUT2D eigenvalue weighted by atomic mass is 16.4. The smallest absolute Gasteiger partial charge is 0.356 e. The Hall–Kier alpha value is -2.88. The first kappa shape index (κ1) is 14.1. The highest BCUT2D eigenvalue weighted by Gasteiger charge is 2.13. The second-order valence-electron chi connectivity index (χ2n) is 5.12. The molecule has 3 aromatic rings. The lowest BCUT2D eigenvalue weighted by Gasteiger charge is -2.08. The Morgan fingerprint density at radius 1 is 0.955 bits per heavy atom. The molecule has 4 heteroatoms. The fraction of sp³-hybridized carbons (Fsp3) is 0.111. The van der Waals surface area contributed by atoms with Crippen LogP contribution < -0.4 is 0 Å². The number of nitrogens with zero attached hydrogens (tertiary/aromatic N) is 2. The van der Waals surface area contributed by atoms with Gasteiger partial charge in [0.05, 0.1) is 0 Å². The fourth-order valence-electron chi connectivity index (χ4n) is 2.39. The number of imidazole rings is 1. The lowest BCUT2D eigenvalue weighted by Crippen LogP contribution is -2.05. The Balaban J connectivity index is 1.92. The summed E-state index contributed by atoms with van der Waals surface area (Å²) in [5.41, 5.74) is 2.31. The minimum Gasteiger partial charge on any atom is -0.476 e. The first-order valence-electron chi connectivity index (χ1n) is 7.09. The number of rotatable bonds is 5. The number of hydrogen-bond acceptors (Lipinski definition) is 2. The normalized spacial score (nSPS) is 10.5. The summed E-state index contributed by atoms with van der Waals surface area (Å²) in [5, 5.41) is 9.18. The zero-order valence-corrected chi connectivity index (χ0v) is 12.0. The summed E-state index contributed by atoms with van der Waals surface area (Å²) in [6, 6.07) is 19.9. The van der Waals surface area contributed by atoms with Crippen LogP contribution in [0.2, 0.25) is 0 Å². The van der Waals surface area contributed by atoms with Gasteiger partial charge in [0.25, 0.3) is 0 Å². The van der Waals surface area contributed by atoms with E-state index in [1.165, 1.54) is 0 Å². The van der Waals surface area contributed by atoms with Gasteiger partial charge in [0.2, 0.25) is 0 Å². The molecule has 0 atom stereocenters. The molecular formula is C18H16N2O2. The number of carboxylic acids is 1. The van der Waals surface area contributed by atoms with Gasteiger partial charge in [0.1, 0.15) is 5.82 Å². The summed E-state index contributed by atoms with van der Waals surface area (Å²) < 4.78 is 1.91. The predicted molar refractivity (Wildman–Crippen MR) is 84.0 cm³/mol. The van der Waals surface area contributed by atoms with E-state index in [0.717, 1.165) is 17.0 Å². The van der Waals surface area contributed by atoms with Crippen LogP contribution >= 0.6 is 0 Å². The summed E-state index contributed by atoms with van der Waals surface area (Å²) in [6.07, 6.45) is 2.22. The lowest BCUT2D eigenvalue weighted by molar-refractivity contribution is 0.0691. The topological polar surface area (TPSA) is 55.1 Å². The summed E-state index contributed by atoms with van der Waals surface area (Å²) in [5.74, 6) is -0.242. The highest BCUT2D eigenvalue weighted by Crippen LogP contribution is 2.13. The zero-order chi connectivity index (χ0) is 15.4. The molecule has 0 saturated carbocycles. The van der Waals surface area contributed by atoms with Crippen molar-refractivity contribution < 1.29 is 9.90 Å². The van der Waals surface area contributed by atoms with Gasteiger partial charge < -0.3 is 9.67 Å². The average Bonchev–Trinajstić information content (AvgIpc) is 2.92. The first-order valence-corrected chi connectivity index (χ1v) is 7.09. The number of aromatic nitrogens is 2. The minimum absolute atomic E-state index is 0.0851. The predicted octanol–water partition coefficient (Wildman–Crippen LogP) is 3.22. The molecule has 1 N–H and O–H groups in total. The van der Waals surface area contributed by atoms with Gasteiger partial charge in [-0.1, -0.05) is 60.7 Å². The van der Waals surface area contributed by atoms with Crippen molar-refractivity contribution in [2.75, 3.05) is 0 Å². The molecule has 0 aliphatic heterocycles. The van der Waals surface area contributed by atoms with Crippen molar-refractivity contribution in [3.05, 3.63) is 89.5 Å². The average molecular weight is 292 g/mol. The molecule has 0 aliphatic rings. The third-order valence-electron chi connectivity index (χ3n) is 3.48. The molecule has 0 aliphatic carbocycles. The number of aromatic carboxylic acids is 1. The van der Waals surface area contributed by atoms with Gasteiger partial charge in [0.15, 0.2) is 5.69 Å². The van der Waals surface area contributed by atoms with E-state index < -0.39 is 5.97 Å². The van der Waals surface area contributed by atoms with Crippen LogP contribution in [0.4, 0.5) is 0 Å². The quantitative estimate of drug-likeness (QED) is 0.785. The molecule has 0 spiro atoms. The van der Waals surface area contributed by atoms with Crippen LogP contribution in [-0.4, -0.2) is 20.6 Å². The monoisotopic (exact) mass is 292 g/mol. The van der Waals surface area contributed by atoms with Crippen molar-refractivity contribution in [2.24, 2.45) is 0 Å². The Morgan fingerprint density at radius 2 is 1.55 bits per heavy atom. The van der Waals surface area contributed by atoms with E-state index in [2.05, 4.69) is 4.98 Å². The van der Waals surface area contributed by atoms with Crippen LogP contribution in [0.15, 0.2) is 66.9 Å². The van der Waals surface area contributed by atoms with E-state index in [4.69, 9.17) is 0 Å². The molecule has 0 radical (unpaired) electrons. The van der Waals surface area contributed by atoms with Crippen molar-refractivity contribution >= 4 is 5.97 Å². The Morgan fingerprint density at radius 3 is 2.14 bits per heavy atom. The molecule has 0 saturated heterocycles. The van der Waals surface area contributed by atoms with Crippen LogP contribution in [0.3, 0.4) is 0 Å². The van der Waals surface area contributed by atoms with Crippen LogP contribution in [0.1, 0.15) is 27.4 Å². The van der Waals surface area contributed by atoms with Gasteiger partial charge in [-0.25, -0.2) is 9.78 Å². The number of carbonyl (C=O) groups is 1. The molecule has 22 heavy (non-hydrogen) atoms. The number of carboxylic acid groups (broad SMARTS) is 1. The molecule has 0 bridgehead atoms. The maximum atomic E-state index is 11.2. The van der Waals surface area contributed by atoms with Crippen molar-refractivity contribution in [2.45, 2.75) is 13.0 Å². The van der Waals surface area contributed by atoms with Gasteiger partial charge in [-0.05, 0) is 11.1 Å². The molecule has 0 fully saturated rings. The molecule has 0 amide bonds. The Bertz CT molecular complexity index is 705. The second-order valence-corrected chi connectivity index (χ2v) is 5.12. The van der Waals surface area contributed by atoms with Crippen molar-refractivity contribution in [1.29, 1.82) is 0 Å². The van der Waals surface area contributed by atoms with Crippen LogP contribution in [0, 0.1) is 0 Å². The zero-order valence-electron chi connectivity index (χ0n) is 12.0. The number of benzene rings is 2. The molecule has 2 aromatic carbocycles. The maximum Gasteiger partial charge on any atom is 0.356 e. The maximum absolute atomic E-state index is 11.2. The van der Waals surface area contributed by atoms with E-state index in [-0.39, 0.29) is 5.69 Å². The molecule has 1 heterocycles. The van der Waals surface area contributed by atoms with Gasteiger partial charge >= 0.3 is 5.97 Å². The lowest BCUT2D eigenvalue weighted by atomic mass is 10.1. The Labute approximate surface area is 128 Å². The standard InChI is InChI=1S/C18H16N2O2/c21-18(22)16-13-20(12-15-9-5-2-6-10-15)17(19-16)11-14-7-3-1-4-8-14/h1-10,13H,11-12H2,(H,21,22).